The fourth-order valence-electron chi connectivity index (χ4n) is 3.29. The molecule has 6 nitrogen and oxygen atoms in total. The minimum absolute atomic E-state index is 0.370. The van der Waals surface area contributed by atoms with Gasteiger partial charge in [0.25, 0.3) is 0 Å². The van der Waals surface area contributed by atoms with Crippen LogP contribution < -0.4 is 10.6 Å². The fraction of sp³-hybridized carbons (Fsp3) is 0.765. The summed E-state index contributed by atoms with van der Waals surface area (Å²) >= 11 is 0. The minimum Gasteiger partial charge on any atom is -0.382 e. The van der Waals surface area contributed by atoms with Gasteiger partial charge in [-0.05, 0) is 37.7 Å². The van der Waals surface area contributed by atoms with Crippen LogP contribution in [0.1, 0.15) is 39.0 Å². The molecule has 0 saturated heterocycles. The maximum absolute atomic E-state index is 5.58. The molecule has 1 aromatic rings. The summed E-state index contributed by atoms with van der Waals surface area (Å²) in [6.45, 7) is 6.35. The molecule has 0 atom stereocenters. The Morgan fingerprint density at radius 3 is 2.83 bits per heavy atom. The SMILES string of the molecule is CCOCCC1(CNC(=NC)NCCn2cccn2)CCCC1. The van der Waals surface area contributed by atoms with Crippen molar-refractivity contribution in [1.29, 1.82) is 0 Å². The molecule has 130 valence electrons. The Morgan fingerprint density at radius 2 is 2.17 bits per heavy atom. The van der Waals surface area contributed by atoms with Crippen LogP contribution in [0.25, 0.3) is 0 Å². The fourth-order valence-corrected chi connectivity index (χ4v) is 3.29. The Kier molecular flexibility index (Phi) is 7.39. The summed E-state index contributed by atoms with van der Waals surface area (Å²) < 4.78 is 7.49. The van der Waals surface area contributed by atoms with Gasteiger partial charge in [0, 0.05) is 45.7 Å². The lowest BCUT2D eigenvalue weighted by atomic mass is 9.83. The topological polar surface area (TPSA) is 63.5 Å². The van der Waals surface area contributed by atoms with Crippen molar-refractivity contribution in [1.82, 2.24) is 20.4 Å². The van der Waals surface area contributed by atoms with Gasteiger partial charge >= 0.3 is 0 Å². The second kappa shape index (κ2) is 9.55. The molecule has 0 bridgehead atoms. The Balaban J connectivity index is 1.73. The maximum atomic E-state index is 5.58. The van der Waals surface area contributed by atoms with Gasteiger partial charge in [-0.2, -0.15) is 5.10 Å². The molecular weight excluding hydrogens is 290 g/mol. The van der Waals surface area contributed by atoms with Gasteiger partial charge in [0.15, 0.2) is 5.96 Å². The molecule has 1 aliphatic rings. The highest BCUT2D eigenvalue weighted by Crippen LogP contribution is 2.40. The predicted octanol–water partition coefficient (Wildman–Crippen LogP) is 2.04. The summed E-state index contributed by atoms with van der Waals surface area (Å²) in [5, 5.41) is 11.1. The second-order valence-corrected chi connectivity index (χ2v) is 6.28. The number of nitrogens with zero attached hydrogens (tertiary/aromatic N) is 3. The number of guanidine groups is 1. The van der Waals surface area contributed by atoms with E-state index in [4.69, 9.17) is 4.74 Å². The third-order valence-electron chi connectivity index (χ3n) is 4.69. The normalized spacial score (nSPS) is 17.4. The Morgan fingerprint density at radius 1 is 1.35 bits per heavy atom. The van der Waals surface area contributed by atoms with E-state index < -0.39 is 0 Å². The summed E-state index contributed by atoms with van der Waals surface area (Å²) in [4.78, 5) is 4.33. The first-order valence-corrected chi connectivity index (χ1v) is 8.78. The lowest BCUT2D eigenvalue weighted by Crippen LogP contribution is -2.44. The largest absolute Gasteiger partial charge is 0.382 e. The number of hydrogen-bond donors (Lipinski definition) is 2. The lowest BCUT2D eigenvalue weighted by Gasteiger charge is -2.30. The molecule has 0 aromatic carbocycles. The quantitative estimate of drug-likeness (QED) is 0.415. The van der Waals surface area contributed by atoms with Crippen molar-refractivity contribution < 1.29 is 4.74 Å². The van der Waals surface area contributed by atoms with E-state index >= 15 is 0 Å². The molecule has 0 amide bonds. The Labute approximate surface area is 139 Å². The number of ether oxygens (including phenoxy) is 1. The van der Waals surface area contributed by atoms with Gasteiger partial charge in [-0.15, -0.1) is 0 Å². The van der Waals surface area contributed by atoms with Crippen LogP contribution in [0.5, 0.6) is 0 Å². The van der Waals surface area contributed by atoms with Crippen molar-refractivity contribution in [2.24, 2.45) is 10.4 Å². The van der Waals surface area contributed by atoms with E-state index in [1.54, 1.807) is 6.20 Å². The first-order valence-electron chi connectivity index (χ1n) is 8.78. The van der Waals surface area contributed by atoms with Crippen LogP contribution in [0.2, 0.25) is 0 Å². The smallest absolute Gasteiger partial charge is 0.191 e. The van der Waals surface area contributed by atoms with Gasteiger partial charge in [-0.1, -0.05) is 12.8 Å². The van der Waals surface area contributed by atoms with E-state index in [-0.39, 0.29) is 0 Å². The number of aromatic nitrogens is 2. The van der Waals surface area contributed by atoms with Crippen LogP contribution in [0, 0.1) is 5.41 Å². The summed E-state index contributed by atoms with van der Waals surface area (Å²) in [7, 11) is 1.82. The molecule has 1 saturated carbocycles. The zero-order valence-electron chi connectivity index (χ0n) is 14.6. The van der Waals surface area contributed by atoms with Crippen LogP contribution in [0.15, 0.2) is 23.5 Å². The highest BCUT2D eigenvalue weighted by molar-refractivity contribution is 5.79. The van der Waals surface area contributed by atoms with Gasteiger partial charge in [0.1, 0.15) is 0 Å². The van der Waals surface area contributed by atoms with Crippen molar-refractivity contribution in [3.63, 3.8) is 0 Å². The number of aliphatic imine (C=N–C) groups is 1. The van der Waals surface area contributed by atoms with E-state index in [0.29, 0.717) is 5.41 Å². The lowest BCUT2D eigenvalue weighted by molar-refractivity contribution is 0.105. The maximum Gasteiger partial charge on any atom is 0.191 e. The van der Waals surface area contributed by atoms with Crippen LogP contribution >= 0.6 is 0 Å². The summed E-state index contributed by atoms with van der Waals surface area (Å²) in [6, 6.07) is 1.94. The molecule has 1 aliphatic carbocycles. The van der Waals surface area contributed by atoms with Crippen molar-refractivity contribution in [2.45, 2.75) is 45.6 Å². The molecule has 1 fully saturated rings. The van der Waals surface area contributed by atoms with Crippen LogP contribution in [-0.4, -0.2) is 49.1 Å². The molecule has 2 N–H and O–H groups in total. The van der Waals surface area contributed by atoms with Crippen molar-refractivity contribution in [3.8, 4) is 0 Å². The zero-order valence-corrected chi connectivity index (χ0v) is 14.6. The van der Waals surface area contributed by atoms with E-state index in [1.807, 2.05) is 24.0 Å². The van der Waals surface area contributed by atoms with Gasteiger partial charge in [0.05, 0.1) is 6.54 Å². The zero-order chi connectivity index (χ0) is 16.4. The Bertz CT molecular complexity index is 452. The summed E-state index contributed by atoms with van der Waals surface area (Å²) in [6.07, 6.45) is 10.2. The average Bonchev–Trinajstić information content (AvgIpc) is 3.23. The van der Waals surface area contributed by atoms with Gasteiger partial charge in [-0.25, -0.2) is 0 Å². The third kappa shape index (κ3) is 5.86. The first-order chi connectivity index (χ1) is 11.3. The molecule has 1 heterocycles. The van der Waals surface area contributed by atoms with Gasteiger partial charge in [0.2, 0.25) is 0 Å². The average molecular weight is 321 g/mol. The summed E-state index contributed by atoms with van der Waals surface area (Å²) in [5.41, 5.74) is 0.370. The van der Waals surface area contributed by atoms with E-state index in [0.717, 1.165) is 45.2 Å². The molecule has 0 spiro atoms. The first kappa shape index (κ1) is 17.8. The highest BCUT2D eigenvalue weighted by atomic mass is 16.5. The number of rotatable bonds is 9. The third-order valence-corrected chi connectivity index (χ3v) is 4.69. The number of hydrogen-bond acceptors (Lipinski definition) is 3. The van der Waals surface area contributed by atoms with E-state index in [1.165, 1.54) is 25.7 Å². The molecule has 0 unspecified atom stereocenters. The number of nitrogens with one attached hydrogen (secondary N) is 2. The van der Waals surface area contributed by atoms with E-state index in [2.05, 4.69) is 27.6 Å². The Hall–Kier alpha value is -1.56. The molecule has 0 radical (unpaired) electrons. The van der Waals surface area contributed by atoms with E-state index in [9.17, 15) is 0 Å². The molecular formula is C17H31N5O. The summed E-state index contributed by atoms with van der Waals surface area (Å²) in [5.74, 6) is 0.875. The highest BCUT2D eigenvalue weighted by Gasteiger charge is 2.33. The van der Waals surface area contributed by atoms with Crippen molar-refractivity contribution >= 4 is 5.96 Å². The van der Waals surface area contributed by atoms with Crippen LogP contribution in [0.3, 0.4) is 0 Å². The monoisotopic (exact) mass is 321 g/mol. The van der Waals surface area contributed by atoms with Gasteiger partial charge < -0.3 is 15.4 Å². The predicted molar refractivity (Wildman–Crippen MR) is 93.6 cm³/mol. The van der Waals surface area contributed by atoms with Gasteiger partial charge in [-0.3, -0.25) is 9.67 Å². The standard InChI is InChI=1S/C17H31N5O/c1-3-23-14-9-17(7-4-5-8-17)15-20-16(18-2)19-11-13-22-12-6-10-21-22/h6,10,12H,3-5,7-9,11,13-15H2,1-2H3,(H2,18,19,20). The second-order valence-electron chi connectivity index (χ2n) is 6.28. The molecule has 1 aromatic heterocycles. The minimum atomic E-state index is 0.370. The molecule has 6 heteroatoms. The van der Waals surface area contributed by atoms with Crippen LogP contribution in [-0.2, 0) is 11.3 Å². The molecule has 2 rings (SSSR count). The van der Waals surface area contributed by atoms with Crippen molar-refractivity contribution in [2.75, 3.05) is 33.4 Å². The molecule has 0 aliphatic heterocycles. The molecule has 23 heavy (non-hydrogen) atoms. The van der Waals surface area contributed by atoms with Crippen LogP contribution in [0.4, 0.5) is 0 Å². The van der Waals surface area contributed by atoms with Crippen molar-refractivity contribution in [3.05, 3.63) is 18.5 Å².